The fraction of sp³-hybridized carbons (Fsp3) is 0.400. The molecule has 1 heterocycles. The molecule has 0 bridgehead atoms. The molecule has 0 aliphatic heterocycles. The molecule has 5 heteroatoms. The SMILES string of the molecule is CCNC(CC)c1cnn(Cc2cc(Br)ccc2F)c1. The Labute approximate surface area is 127 Å². The Kier molecular flexibility index (Phi) is 5.31. The summed E-state index contributed by atoms with van der Waals surface area (Å²) in [5.41, 5.74) is 1.77. The van der Waals surface area contributed by atoms with Crippen molar-refractivity contribution in [1.29, 1.82) is 0 Å². The molecule has 0 saturated heterocycles. The molecule has 0 fully saturated rings. The maximum absolute atomic E-state index is 13.7. The highest BCUT2D eigenvalue weighted by Crippen LogP contribution is 2.19. The number of benzene rings is 1. The fourth-order valence-corrected chi connectivity index (χ4v) is 2.64. The fourth-order valence-electron chi connectivity index (χ4n) is 2.23. The van der Waals surface area contributed by atoms with Crippen molar-refractivity contribution in [3.8, 4) is 0 Å². The minimum atomic E-state index is -0.205. The molecular formula is C15H19BrFN3. The van der Waals surface area contributed by atoms with E-state index in [9.17, 15) is 4.39 Å². The summed E-state index contributed by atoms with van der Waals surface area (Å²) in [4.78, 5) is 0. The zero-order valence-corrected chi connectivity index (χ0v) is 13.3. The van der Waals surface area contributed by atoms with Crippen LogP contribution in [0.25, 0.3) is 0 Å². The van der Waals surface area contributed by atoms with Crippen molar-refractivity contribution in [2.24, 2.45) is 0 Å². The molecule has 20 heavy (non-hydrogen) atoms. The molecule has 1 atom stereocenters. The average molecular weight is 340 g/mol. The van der Waals surface area contributed by atoms with Gasteiger partial charge in [-0.1, -0.05) is 29.8 Å². The summed E-state index contributed by atoms with van der Waals surface area (Å²) in [5.74, 6) is -0.205. The Hall–Kier alpha value is -1.20. The highest BCUT2D eigenvalue weighted by atomic mass is 79.9. The number of aromatic nitrogens is 2. The van der Waals surface area contributed by atoms with Crippen molar-refractivity contribution in [1.82, 2.24) is 15.1 Å². The van der Waals surface area contributed by atoms with Crippen LogP contribution in [0.2, 0.25) is 0 Å². The lowest BCUT2D eigenvalue weighted by atomic mass is 10.1. The molecule has 1 aromatic carbocycles. The van der Waals surface area contributed by atoms with Crippen LogP contribution in [0, 0.1) is 5.82 Å². The second kappa shape index (κ2) is 6.99. The summed E-state index contributed by atoms with van der Waals surface area (Å²) in [6.07, 6.45) is 4.84. The van der Waals surface area contributed by atoms with E-state index in [4.69, 9.17) is 0 Å². The summed E-state index contributed by atoms with van der Waals surface area (Å²) in [6, 6.07) is 5.27. The minimum absolute atomic E-state index is 0.205. The Morgan fingerprint density at radius 3 is 2.90 bits per heavy atom. The first-order valence-electron chi connectivity index (χ1n) is 6.83. The van der Waals surface area contributed by atoms with Gasteiger partial charge in [0.1, 0.15) is 5.82 Å². The van der Waals surface area contributed by atoms with Crippen LogP contribution < -0.4 is 5.32 Å². The Morgan fingerprint density at radius 2 is 2.20 bits per heavy atom. The zero-order chi connectivity index (χ0) is 14.5. The molecule has 3 nitrogen and oxygen atoms in total. The Morgan fingerprint density at radius 1 is 1.40 bits per heavy atom. The van der Waals surface area contributed by atoms with E-state index >= 15 is 0 Å². The largest absolute Gasteiger partial charge is 0.310 e. The van der Waals surface area contributed by atoms with Gasteiger partial charge in [-0.05, 0) is 31.2 Å². The summed E-state index contributed by atoms with van der Waals surface area (Å²) in [5, 5.41) is 7.74. The lowest BCUT2D eigenvalue weighted by molar-refractivity contribution is 0.536. The molecular weight excluding hydrogens is 321 g/mol. The molecule has 108 valence electrons. The molecule has 1 unspecified atom stereocenters. The second-order valence-corrected chi connectivity index (χ2v) is 5.64. The van der Waals surface area contributed by atoms with Crippen LogP contribution >= 0.6 is 15.9 Å². The third kappa shape index (κ3) is 3.67. The summed E-state index contributed by atoms with van der Waals surface area (Å²) in [7, 11) is 0. The highest BCUT2D eigenvalue weighted by Gasteiger charge is 2.11. The van der Waals surface area contributed by atoms with Gasteiger partial charge < -0.3 is 5.32 Å². The summed E-state index contributed by atoms with van der Waals surface area (Å²) < 4.78 is 16.4. The van der Waals surface area contributed by atoms with Gasteiger partial charge in [0.2, 0.25) is 0 Å². The van der Waals surface area contributed by atoms with Gasteiger partial charge in [0.05, 0.1) is 12.7 Å². The van der Waals surface area contributed by atoms with Crippen LogP contribution in [0.5, 0.6) is 0 Å². The second-order valence-electron chi connectivity index (χ2n) is 4.73. The molecule has 2 aromatic rings. The van der Waals surface area contributed by atoms with Gasteiger partial charge >= 0.3 is 0 Å². The number of nitrogens with one attached hydrogen (secondary N) is 1. The predicted molar refractivity (Wildman–Crippen MR) is 82.1 cm³/mol. The van der Waals surface area contributed by atoms with E-state index in [1.54, 1.807) is 16.8 Å². The van der Waals surface area contributed by atoms with Gasteiger partial charge in [0.15, 0.2) is 0 Å². The molecule has 0 amide bonds. The van der Waals surface area contributed by atoms with Crippen molar-refractivity contribution >= 4 is 15.9 Å². The normalized spacial score (nSPS) is 12.6. The molecule has 0 aliphatic rings. The van der Waals surface area contributed by atoms with Crippen LogP contribution in [0.15, 0.2) is 35.1 Å². The highest BCUT2D eigenvalue weighted by molar-refractivity contribution is 9.10. The van der Waals surface area contributed by atoms with E-state index in [0.717, 1.165) is 23.0 Å². The number of halogens is 2. The Bertz CT molecular complexity index is 568. The maximum Gasteiger partial charge on any atom is 0.128 e. The van der Waals surface area contributed by atoms with E-state index in [2.05, 4.69) is 40.2 Å². The van der Waals surface area contributed by atoms with Crippen molar-refractivity contribution in [2.45, 2.75) is 32.9 Å². The van der Waals surface area contributed by atoms with Gasteiger partial charge in [0.25, 0.3) is 0 Å². The first-order chi connectivity index (χ1) is 9.63. The minimum Gasteiger partial charge on any atom is -0.310 e. The van der Waals surface area contributed by atoms with E-state index in [0.29, 0.717) is 18.2 Å². The molecule has 2 rings (SSSR count). The lowest BCUT2D eigenvalue weighted by Gasteiger charge is -2.13. The van der Waals surface area contributed by atoms with Crippen LogP contribution in [-0.2, 0) is 6.54 Å². The smallest absolute Gasteiger partial charge is 0.128 e. The molecule has 0 radical (unpaired) electrons. The quantitative estimate of drug-likeness (QED) is 0.865. The van der Waals surface area contributed by atoms with Crippen molar-refractivity contribution in [3.63, 3.8) is 0 Å². The van der Waals surface area contributed by atoms with Gasteiger partial charge in [-0.25, -0.2) is 4.39 Å². The third-order valence-corrected chi connectivity index (χ3v) is 3.75. The van der Waals surface area contributed by atoms with Crippen LogP contribution in [0.4, 0.5) is 4.39 Å². The number of nitrogens with zero attached hydrogens (tertiary/aromatic N) is 2. The summed E-state index contributed by atoms with van der Waals surface area (Å²) in [6.45, 7) is 5.58. The molecule has 0 saturated carbocycles. The van der Waals surface area contributed by atoms with E-state index in [-0.39, 0.29) is 5.82 Å². The van der Waals surface area contributed by atoms with Gasteiger partial charge in [-0.15, -0.1) is 0 Å². The van der Waals surface area contributed by atoms with Crippen LogP contribution in [0.1, 0.15) is 37.4 Å². The van der Waals surface area contributed by atoms with Crippen LogP contribution in [-0.4, -0.2) is 16.3 Å². The first kappa shape index (κ1) is 15.2. The van der Waals surface area contributed by atoms with Gasteiger partial charge in [0, 0.05) is 27.8 Å². The molecule has 1 N–H and O–H groups in total. The standard InChI is InChI=1S/C15H19BrFN3/c1-3-15(18-4-2)12-8-19-20(10-12)9-11-7-13(16)5-6-14(11)17/h5-8,10,15,18H,3-4,9H2,1-2H3. The Balaban J connectivity index is 2.14. The predicted octanol–water partition coefficient (Wildman–Crippen LogP) is 3.89. The number of hydrogen-bond acceptors (Lipinski definition) is 2. The zero-order valence-electron chi connectivity index (χ0n) is 11.7. The third-order valence-electron chi connectivity index (χ3n) is 3.25. The topological polar surface area (TPSA) is 29.9 Å². The molecule has 1 aromatic heterocycles. The lowest BCUT2D eigenvalue weighted by Crippen LogP contribution is -2.19. The van der Waals surface area contributed by atoms with Crippen molar-refractivity contribution in [3.05, 3.63) is 52.0 Å². The van der Waals surface area contributed by atoms with E-state index in [1.165, 1.54) is 6.07 Å². The van der Waals surface area contributed by atoms with E-state index in [1.807, 2.05) is 12.4 Å². The first-order valence-corrected chi connectivity index (χ1v) is 7.63. The van der Waals surface area contributed by atoms with Crippen LogP contribution in [0.3, 0.4) is 0 Å². The summed E-state index contributed by atoms with van der Waals surface area (Å²) >= 11 is 3.36. The average Bonchev–Trinajstić information content (AvgIpc) is 2.88. The van der Waals surface area contributed by atoms with Crippen molar-refractivity contribution < 1.29 is 4.39 Å². The monoisotopic (exact) mass is 339 g/mol. The van der Waals surface area contributed by atoms with Gasteiger partial charge in [-0.3, -0.25) is 4.68 Å². The molecule has 0 spiro atoms. The number of hydrogen-bond donors (Lipinski definition) is 1. The van der Waals surface area contributed by atoms with E-state index < -0.39 is 0 Å². The number of rotatable bonds is 6. The van der Waals surface area contributed by atoms with Crippen molar-refractivity contribution in [2.75, 3.05) is 6.54 Å². The maximum atomic E-state index is 13.7. The van der Waals surface area contributed by atoms with Gasteiger partial charge in [-0.2, -0.15) is 5.10 Å². The molecule has 0 aliphatic carbocycles.